The number of fused-ring (bicyclic) bond motifs is 1. The highest BCUT2D eigenvalue weighted by molar-refractivity contribution is 6.74. The Bertz CT molecular complexity index is 1000. The second-order valence-electron chi connectivity index (χ2n) is 14.1. The minimum atomic E-state index is -2.10. The summed E-state index contributed by atoms with van der Waals surface area (Å²) in [7, 11) is -4.07. The molecule has 0 radical (unpaired) electrons. The van der Waals surface area contributed by atoms with Gasteiger partial charge in [0.05, 0.1) is 41.5 Å². The van der Waals surface area contributed by atoms with Crippen LogP contribution >= 0.6 is 0 Å². The Morgan fingerprint density at radius 1 is 1.08 bits per heavy atom. The Morgan fingerprint density at radius 2 is 1.65 bits per heavy atom. The summed E-state index contributed by atoms with van der Waals surface area (Å²) in [5.41, 5.74) is 10.3. The molecule has 1 unspecified atom stereocenters. The lowest BCUT2D eigenvalue weighted by Crippen LogP contribution is -2.62. The van der Waals surface area contributed by atoms with Crippen molar-refractivity contribution in [3.63, 3.8) is 0 Å². The molecule has 210 valence electrons. The van der Waals surface area contributed by atoms with Gasteiger partial charge in [-0.1, -0.05) is 48.5 Å². The summed E-state index contributed by atoms with van der Waals surface area (Å²) >= 11 is 0. The van der Waals surface area contributed by atoms with Gasteiger partial charge in [0, 0.05) is 24.6 Å². The first-order chi connectivity index (χ1) is 16.7. The third-order valence-corrected chi connectivity index (χ3v) is 18.1. The summed E-state index contributed by atoms with van der Waals surface area (Å²) in [6.07, 6.45) is 2.25. The van der Waals surface area contributed by atoms with Crippen molar-refractivity contribution in [2.45, 2.75) is 116 Å². The molecule has 0 aromatic carbocycles. The standard InChI is InChI=1S/C27H50N4O4Si2/c1-17-15-31(16-20(30-25(32)33)24(17)35-37(10,11)27(5,6)7)23-18-12-13-21(22(18)29-14-19(23)28)34-36(8,9)26(2,3)4/h14,17,20-21,24,30H,12-13,15-16,28H2,1-11H3,(H,32,33)/t17-,20+,21?,24+/m0/s1. The highest BCUT2D eigenvalue weighted by atomic mass is 28.4. The molecule has 1 saturated heterocycles. The maximum Gasteiger partial charge on any atom is 0.405 e. The lowest BCUT2D eigenvalue weighted by Gasteiger charge is -2.48. The Balaban J connectivity index is 1.93. The van der Waals surface area contributed by atoms with E-state index in [0.29, 0.717) is 12.2 Å². The monoisotopic (exact) mass is 550 g/mol. The molecule has 2 aliphatic rings. The number of aromatic nitrogens is 1. The number of nitrogens with two attached hydrogens (primary N) is 1. The van der Waals surface area contributed by atoms with Crippen molar-refractivity contribution in [3.05, 3.63) is 17.5 Å². The van der Waals surface area contributed by atoms with Crippen molar-refractivity contribution in [3.8, 4) is 0 Å². The molecule has 0 bridgehead atoms. The van der Waals surface area contributed by atoms with Crippen LogP contribution in [-0.2, 0) is 15.3 Å². The lowest BCUT2D eigenvalue weighted by atomic mass is 9.91. The molecule has 0 spiro atoms. The van der Waals surface area contributed by atoms with Crippen molar-refractivity contribution >= 4 is 34.1 Å². The van der Waals surface area contributed by atoms with E-state index in [1.54, 1.807) is 6.20 Å². The van der Waals surface area contributed by atoms with Gasteiger partial charge in [-0.2, -0.15) is 0 Å². The quantitative estimate of drug-likeness (QED) is 0.364. The third-order valence-electron chi connectivity index (χ3n) is 9.16. The number of nitrogen functional groups attached to an aromatic ring is 1. The minimum absolute atomic E-state index is 0.0277. The smallest absolute Gasteiger partial charge is 0.405 e. The number of hydrogen-bond donors (Lipinski definition) is 3. The number of amides is 1. The average molecular weight is 551 g/mol. The zero-order valence-corrected chi connectivity index (χ0v) is 26.9. The van der Waals surface area contributed by atoms with Gasteiger partial charge in [0.1, 0.15) is 0 Å². The normalized spacial score (nSPS) is 25.2. The SMILES string of the molecule is C[C@H]1CN(c2c(N)cnc3c2CCC3O[Si](C)(C)C(C)(C)C)C[C@@H](NC(=O)O)[C@@H]1O[Si](C)(C)C(C)(C)C. The predicted molar refractivity (Wildman–Crippen MR) is 156 cm³/mol. The van der Waals surface area contributed by atoms with E-state index in [0.717, 1.165) is 36.3 Å². The molecular weight excluding hydrogens is 500 g/mol. The van der Waals surface area contributed by atoms with Crippen molar-refractivity contribution < 1.29 is 18.8 Å². The van der Waals surface area contributed by atoms with E-state index in [1.807, 2.05) is 0 Å². The molecule has 1 aliphatic carbocycles. The number of nitrogens with one attached hydrogen (secondary N) is 1. The largest absolute Gasteiger partial charge is 0.465 e. The number of rotatable bonds is 6. The molecule has 4 N–H and O–H groups in total. The molecule has 2 heterocycles. The summed E-state index contributed by atoms with van der Waals surface area (Å²) < 4.78 is 13.6. The van der Waals surface area contributed by atoms with Gasteiger partial charge in [-0.05, 0) is 49.1 Å². The molecule has 8 nitrogen and oxygen atoms in total. The van der Waals surface area contributed by atoms with Crippen LogP contribution in [0.3, 0.4) is 0 Å². The van der Waals surface area contributed by atoms with E-state index < -0.39 is 22.7 Å². The number of piperidine rings is 1. The highest BCUT2D eigenvalue weighted by Crippen LogP contribution is 2.47. The van der Waals surface area contributed by atoms with Crippen LogP contribution in [0.5, 0.6) is 0 Å². The van der Waals surface area contributed by atoms with Crippen LogP contribution in [0, 0.1) is 5.92 Å². The van der Waals surface area contributed by atoms with Crippen LogP contribution in [0.15, 0.2) is 6.20 Å². The number of hydrogen-bond acceptors (Lipinski definition) is 6. The van der Waals surface area contributed by atoms with Crippen molar-refractivity contribution in [1.82, 2.24) is 10.3 Å². The highest BCUT2D eigenvalue weighted by Gasteiger charge is 2.46. The summed E-state index contributed by atoms with van der Waals surface area (Å²) in [6, 6.07) is -0.362. The Labute approximate surface area is 226 Å². The van der Waals surface area contributed by atoms with E-state index in [9.17, 15) is 9.90 Å². The predicted octanol–water partition coefficient (Wildman–Crippen LogP) is 6.16. The summed E-state index contributed by atoms with van der Waals surface area (Å²) in [4.78, 5) is 18.8. The zero-order valence-electron chi connectivity index (χ0n) is 24.9. The maximum atomic E-state index is 11.8. The number of anilines is 2. The molecule has 1 amide bonds. The first-order valence-corrected chi connectivity index (χ1v) is 19.4. The Morgan fingerprint density at radius 3 is 2.19 bits per heavy atom. The van der Waals surface area contributed by atoms with Gasteiger partial charge in [0.2, 0.25) is 0 Å². The van der Waals surface area contributed by atoms with Crippen molar-refractivity contribution in [1.29, 1.82) is 0 Å². The molecule has 37 heavy (non-hydrogen) atoms. The zero-order chi connectivity index (χ0) is 28.1. The molecule has 4 atom stereocenters. The fraction of sp³-hybridized carbons (Fsp3) is 0.778. The lowest BCUT2D eigenvalue weighted by molar-refractivity contribution is 0.0721. The van der Waals surface area contributed by atoms with Crippen LogP contribution in [-0.4, -0.2) is 58.1 Å². The van der Waals surface area contributed by atoms with E-state index in [4.69, 9.17) is 19.6 Å². The van der Waals surface area contributed by atoms with Crippen LogP contribution in [0.25, 0.3) is 0 Å². The minimum Gasteiger partial charge on any atom is -0.465 e. The molecule has 0 saturated carbocycles. The van der Waals surface area contributed by atoms with E-state index in [1.165, 1.54) is 0 Å². The fourth-order valence-electron chi connectivity index (χ4n) is 4.98. The molecule has 1 aliphatic heterocycles. The van der Waals surface area contributed by atoms with Gasteiger partial charge in [0.15, 0.2) is 16.6 Å². The van der Waals surface area contributed by atoms with Gasteiger partial charge >= 0.3 is 6.09 Å². The fourth-order valence-corrected chi connectivity index (χ4v) is 7.70. The van der Waals surface area contributed by atoms with Gasteiger partial charge in [-0.3, -0.25) is 4.98 Å². The van der Waals surface area contributed by atoms with E-state index in [2.05, 4.69) is 84.9 Å². The summed E-state index contributed by atoms with van der Waals surface area (Å²) in [5.74, 6) is 0.114. The molecular formula is C27H50N4O4Si2. The van der Waals surface area contributed by atoms with E-state index >= 15 is 0 Å². The van der Waals surface area contributed by atoms with Crippen molar-refractivity contribution in [2.24, 2.45) is 5.92 Å². The molecule has 10 heteroatoms. The molecule has 3 rings (SSSR count). The van der Waals surface area contributed by atoms with Gasteiger partial charge in [-0.15, -0.1) is 0 Å². The molecule has 1 fully saturated rings. The second kappa shape index (κ2) is 10.2. The van der Waals surface area contributed by atoms with Gasteiger partial charge in [-0.25, -0.2) is 4.79 Å². The Hall–Kier alpha value is -1.63. The number of nitrogens with zero attached hydrogens (tertiary/aromatic N) is 2. The topological polar surface area (TPSA) is 110 Å². The first-order valence-electron chi connectivity index (χ1n) is 13.6. The Kier molecular flexibility index (Phi) is 8.22. The number of carbonyl (C=O) groups is 1. The van der Waals surface area contributed by atoms with E-state index in [-0.39, 0.29) is 34.2 Å². The summed E-state index contributed by atoms with van der Waals surface area (Å²) in [5, 5.41) is 12.6. The maximum absolute atomic E-state index is 11.8. The van der Waals surface area contributed by atoms with Crippen LogP contribution in [0.4, 0.5) is 16.2 Å². The number of pyridine rings is 1. The third kappa shape index (κ3) is 6.18. The van der Waals surface area contributed by atoms with Crippen LogP contribution in [0.2, 0.25) is 36.3 Å². The van der Waals surface area contributed by atoms with Gasteiger partial charge in [0.25, 0.3) is 0 Å². The molecule has 1 aromatic rings. The average Bonchev–Trinajstić information content (AvgIpc) is 3.10. The van der Waals surface area contributed by atoms with Gasteiger partial charge < -0.3 is 29.9 Å². The first kappa shape index (κ1) is 29.9. The second-order valence-corrected chi connectivity index (χ2v) is 23.6. The molecule has 1 aromatic heterocycles. The number of carboxylic acid groups (broad SMARTS) is 1. The van der Waals surface area contributed by atoms with Crippen LogP contribution in [0.1, 0.15) is 72.2 Å². The van der Waals surface area contributed by atoms with Crippen molar-refractivity contribution in [2.75, 3.05) is 23.7 Å². The van der Waals surface area contributed by atoms with Crippen LogP contribution < -0.4 is 16.0 Å². The summed E-state index contributed by atoms with van der Waals surface area (Å²) in [6.45, 7) is 25.8.